The largest absolute Gasteiger partial charge is 0.414 e. The van der Waals surface area contributed by atoms with E-state index in [1.54, 1.807) is 24.3 Å². The molecule has 1 amide bonds. The van der Waals surface area contributed by atoms with Crippen molar-refractivity contribution in [2.45, 2.75) is 18.5 Å². The minimum Gasteiger partial charge on any atom is -0.410 e. The average molecular weight is 291 g/mol. The van der Waals surface area contributed by atoms with Gasteiger partial charge in [0.1, 0.15) is 5.75 Å². The van der Waals surface area contributed by atoms with Gasteiger partial charge >= 0.3 is 6.09 Å². The van der Waals surface area contributed by atoms with E-state index in [9.17, 15) is 4.79 Å². The van der Waals surface area contributed by atoms with E-state index in [2.05, 4.69) is 5.32 Å². The van der Waals surface area contributed by atoms with Crippen LogP contribution in [0.15, 0.2) is 30.3 Å². The molecule has 4 nitrogen and oxygen atoms in total. The first kappa shape index (κ1) is 15.1. The molecule has 0 aliphatic carbocycles. The maximum atomic E-state index is 11.7. The summed E-state index contributed by atoms with van der Waals surface area (Å²) in [5, 5.41) is 2.59. The van der Waals surface area contributed by atoms with Crippen molar-refractivity contribution in [1.82, 2.24) is 5.32 Å². The Morgan fingerprint density at radius 2 is 1.78 bits per heavy atom. The summed E-state index contributed by atoms with van der Waals surface area (Å²) in [5.74, 6) is 1.12. The second kappa shape index (κ2) is 7.46. The minimum absolute atomic E-state index is 0.332. The SMILES string of the molecule is NC(CCCl)(CCCl)NC(=O)Oc1ccccc1. The highest BCUT2D eigenvalue weighted by Gasteiger charge is 2.26. The monoisotopic (exact) mass is 290 g/mol. The first-order valence-corrected chi connectivity index (χ1v) is 6.62. The number of para-hydroxylation sites is 1. The highest BCUT2D eigenvalue weighted by atomic mass is 35.5. The number of halogens is 2. The van der Waals surface area contributed by atoms with Crippen molar-refractivity contribution >= 4 is 29.3 Å². The summed E-state index contributed by atoms with van der Waals surface area (Å²) in [6.45, 7) is 0. The predicted octanol–water partition coefficient (Wildman–Crippen LogP) is 2.69. The van der Waals surface area contributed by atoms with Gasteiger partial charge in [-0.1, -0.05) is 18.2 Å². The van der Waals surface area contributed by atoms with Crippen LogP contribution in [0.2, 0.25) is 0 Å². The Balaban J connectivity index is 2.56. The number of rotatable bonds is 6. The molecule has 6 heteroatoms. The molecular weight excluding hydrogens is 275 g/mol. The number of benzene rings is 1. The Bertz CT molecular complexity index is 368. The van der Waals surface area contributed by atoms with Crippen molar-refractivity contribution in [1.29, 1.82) is 0 Å². The van der Waals surface area contributed by atoms with Gasteiger partial charge in [0.15, 0.2) is 0 Å². The third-order valence-electron chi connectivity index (χ3n) is 2.39. The lowest BCUT2D eigenvalue weighted by Crippen LogP contribution is -2.57. The first-order chi connectivity index (χ1) is 8.59. The molecule has 18 heavy (non-hydrogen) atoms. The number of nitrogens with two attached hydrogens (primary N) is 1. The number of hydrogen-bond acceptors (Lipinski definition) is 3. The molecule has 0 unspecified atom stereocenters. The minimum atomic E-state index is -0.935. The maximum Gasteiger partial charge on any atom is 0.414 e. The molecule has 0 bridgehead atoms. The van der Waals surface area contributed by atoms with Gasteiger partial charge in [0.2, 0.25) is 0 Å². The smallest absolute Gasteiger partial charge is 0.410 e. The van der Waals surface area contributed by atoms with Crippen molar-refractivity contribution in [2.75, 3.05) is 11.8 Å². The van der Waals surface area contributed by atoms with Crippen LogP contribution < -0.4 is 15.8 Å². The van der Waals surface area contributed by atoms with Crippen LogP contribution in [0.3, 0.4) is 0 Å². The summed E-state index contributed by atoms with van der Waals surface area (Å²) in [6, 6.07) is 8.74. The lowest BCUT2D eigenvalue weighted by atomic mass is 10.1. The molecule has 100 valence electrons. The third kappa shape index (κ3) is 5.12. The average Bonchev–Trinajstić information content (AvgIpc) is 2.30. The normalized spacial score (nSPS) is 11.1. The highest BCUT2D eigenvalue weighted by Crippen LogP contribution is 2.13. The second-order valence-electron chi connectivity index (χ2n) is 3.86. The summed E-state index contributed by atoms with van der Waals surface area (Å²) in [4.78, 5) is 11.7. The molecular formula is C12H16Cl2N2O2. The quantitative estimate of drug-likeness (QED) is 0.625. The van der Waals surface area contributed by atoms with E-state index in [0.29, 0.717) is 30.4 Å². The van der Waals surface area contributed by atoms with E-state index in [-0.39, 0.29) is 0 Å². The summed E-state index contributed by atoms with van der Waals surface area (Å²) in [7, 11) is 0. The van der Waals surface area contributed by atoms with Crippen molar-refractivity contribution < 1.29 is 9.53 Å². The van der Waals surface area contributed by atoms with Crippen LogP contribution in [-0.2, 0) is 0 Å². The molecule has 0 spiro atoms. The fourth-order valence-corrected chi connectivity index (χ4v) is 2.09. The van der Waals surface area contributed by atoms with Crippen molar-refractivity contribution in [3.63, 3.8) is 0 Å². The molecule has 0 saturated heterocycles. The Morgan fingerprint density at radius 3 is 2.28 bits per heavy atom. The number of alkyl halides is 2. The van der Waals surface area contributed by atoms with Crippen LogP contribution in [0.5, 0.6) is 5.75 Å². The Labute approximate surface area is 116 Å². The summed E-state index contributed by atoms with van der Waals surface area (Å²) in [6.07, 6.45) is 0.231. The summed E-state index contributed by atoms with van der Waals surface area (Å²) < 4.78 is 5.09. The molecule has 0 atom stereocenters. The van der Waals surface area contributed by atoms with E-state index < -0.39 is 11.8 Å². The van der Waals surface area contributed by atoms with Crippen LogP contribution in [0.4, 0.5) is 4.79 Å². The Hall–Kier alpha value is -0.970. The first-order valence-electron chi connectivity index (χ1n) is 5.55. The molecule has 1 aromatic rings. The van der Waals surface area contributed by atoms with E-state index in [1.807, 2.05) is 6.07 Å². The van der Waals surface area contributed by atoms with Crippen LogP contribution in [0.25, 0.3) is 0 Å². The van der Waals surface area contributed by atoms with Gasteiger partial charge in [0.25, 0.3) is 0 Å². The zero-order valence-electron chi connectivity index (χ0n) is 9.86. The number of carbonyl (C=O) groups is 1. The topological polar surface area (TPSA) is 64.3 Å². The van der Waals surface area contributed by atoms with Gasteiger partial charge in [-0.15, -0.1) is 23.2 Å². The maximum absolute atomic E-state index is 11.7. The number of hydrogen-bond donors (Lipinski definition) is 2. The summed E-state index contributed by atoms with van der Waals surface area (Å²) in [5.41, 5.74) is 5.06. The van der Waals surface area contributed by atoms with Crippen LogP contribution in [0.1, 0.15) is 12.8 Å². The van der Waals surface area contributed by atoms with Crippen LogP contribution >= 0.6 is 23.2 Å². The fourth-order valence-electron chi connectivity index (χ4n) is 1.41. The van der Waals surface area contributed by atoms with Gasteiger partial charge in [0, 0.05) is 11.8 Å². The molecule has 0 aliphatic rings. The molecule has 0 saturated carbocycles. The zero-order valence-corrected chi connectivity index (χ0v) is 11.4. The Morgan fingerprint density at radius 1 is 1.22 bits per heavy atom. The number of amides is 1. The number of nitrogens with one attached hydrogen (secondary N) is 1. The predicted molar refractivity (Wildman–Crippen MR) is 73.2 cm³/mol. The molecule has 0 radical (unpaired) electrons. The molecule has 1 aromatic carbocycles. The van der Waals surface area contributed by atoms with Crippen LogP contribution in [-0.4, -0.2) is 23.5 Å². The van der Waals surface area contributed by atoms with Gasteiger partial charge < -0.3 is 15.8 Å². The second-order valence-corrected chi connectivity index (χ2v) is 4.62. The molecule has 3 N–H and O–H groups in total. The fraction of sp³-hybridized carbons (Fsp3) is 0.417. The summed E-state index contributed by atoms with van der Waals surface area (Å²) >= 11 is 11.3. The van der Waals surface area contributed by atoms with Gasteiger partial charge in [-0.05, 0) is 25.0 Å². The van der Waals surface area contributed by atoms with Crippen molar-refractivity contribution in [3.05, 3.63) is 30.3 Å². The van der Waals surface area contributed by atoms with Crippen molar-refractivity contribution in [2.24, 2.45) is 5.73 Å². The van der Waals surface area contributed by atoms with Gasteiger partial charge in [-0.2, -0.15) is 0 Å². The van der Waals surface area contributed by atoms with Gasteiger partial charge in [0.05, 0.1) is 5.66 Å². The van der Waals surface area contributed by atoms with Crippen molar-refractivity contribution in [3.8, 4) is 5.75 Å². The zero-order chi connectivity index (χ0) is 13.4. The molecule has 0 aromatic heterocycles. The van der Waals surface area contributed by atoms with Crippen LogP contribution in [0, 0.1) is 0 Å². The molecule has 1 rings (SSSR count). The van der Waals surface area contributed by atoms with E-state index in [1.165, 1.54) is 0 Å². The lowest BCUT2D eigenvalue weighted by Gasteiger charge is -2.28. The van der Waals surface area contributed by atoms with E-state index in [0.717, 1.165) is 0 Å². The molecule has 0 aliphatic heterocycles. The van der Waals surface area contributed by atoms with E-state index in [4.69, 9.17) is 33.7 Å². The number of carbonyl (C=O) groups excluding carboxylic acids is 1. The van der Waals surface area contributed by atoms with Gasteiger partial charge in [-0.3, -0.25) is 0 Å². The number of ether oxygens (including phenoxy) is 1. The van der Waals surface area contributed by atoms with E-state index >= 15 is 0 Å². The Kier molecular flexibility index (Phi) is 6.25. The highest BCUT2D eigenvalue weighted by molar-refractivity contribution is 6.18. The third-order valence-corrected chi connectivity index (χ3v) is 2.76. The van der Waals surface area contributed by atoms with Gasteiger partial charge in [-0.25, -0.2) is 4.79 Å². The molecule has 0 fully saturated rings. The standard InChI is InChI=1S/C12H16Cl2N2O2/c13-8-6-12(15,7-9-14)16-11(17)18-10-4-2-1-3-5-10/h1-5H,6-9,15H2,(H,16,17). The lowest BCUT2D eigenvalue weighted by molar-refractivity contribution is 0.181. The molecule has 0 heterocycles.